The summed E-state index contributed by atoms with van der Waals surface area (Å²) in [5.74, 6) is -0.0907. The molecule has 0 aliphatic carbocycles. The third kappa shape index (κ3) is 7.23. The van der Waals surface area contributed by atoms with Gasteiger partial charge in [-0.25, -0.2) is 0 Å². The minimum absolute atomic E-state index is 0.0907. The Labute approximate surface area is 55.1 Å². The summed E-state index contributed by atoms with van der Waals surface area (Å²) in [5.41, 5.74) is 16.9. The fourth-order valence-electron chi connectivity index (χ4n) is 0.456. The van der Waals surface area contributed by atoms with Gasteiger partial charge in [-0.3, -0.25) is 10.7 Å². The predicted molar refractivity (Wildman–Crippen MR) is 37.9 cm³/mol. The highest BCUT2D eigenvalue weighted by Gasteiger charge is 1.83. The molecular weight excluding hydrogens is 116 g/mol. The SMILES string of the molecule is [NH]C(N)=NCCCCN. The Hall–Kier alpha value is -0.770. The molecule has 0 unspecified atom stereocenters. The molecule has 4 heteroatoms. The lowest BCUT2D eigenvalue weighted by atomic mass is 10.3. The number of rotatable bonds is 4. The standard InChI is InChI=1S/C5H13N4/c6-3-1-2-4-9-5(7)8/h7H,1-4,6H2,(H2,8,9). The van der Waals surface area contributed by atoms with E-state index in [0.717, 1.165) is 12.8 Å². The van der Waals surface area contributed by atoms with Crippen LogP contribution in [0.3, 0.4) is 0 Å². The molecule has 4 nitrogen and oxygen atoms in total. The van der Waals surface area contributed by atoms with Gasteiger partial charge in [0, 0.05) is 6.54 Å². The van der Waals surface area contributed by atoms with Crippen LogP contribution in [0.4, 0.5) is 0 Å². The lowest BCUT2D eigenvalue weighted by Crippen LogP contribution is -2.12. The summed E-state index contributed by atoms with van der Waals surface area (Å²) in [4.78, 5) is 3.67. The molecule has 53 valence electrons. The van der Waals surface area contributed by atoms with Crippen LogP contribution in [0.1, 0.15) is 12.8 Å². The van der Waals surface area contributed by atoms with Crippen molar-refractivity contribution in [3.8, 4) is 0 Å². The Morgan fingerprint density at radius 2 is 2.11 bits per heavy atom. The molecule has 0 aromatic rings. The van der Waals surface area contributed by atoms with Crippen molar-refractivity contribution in [2.24, 2.45) is 16.5 Å². The summed E-state index contributed by atoms with van der Waals surface area (Å²) in [7, 11) is 0. The van der Waals surface area contributed by atoms with Crippen LogP contribution in [0, 0.1) is 0 Å². The van der Waals surface area contributed by atoms with Crippen molar-refractivity contribution in [3.63, 3.8) is 0 Å². The first-order valence-electron chi connectivity index (χ1n) is 2.99. The van der Waals surface area contributed by atoms with Gasteiger partial charge >= 0.3 is 0 Å². The van der Waals surface area contributed by atoms with Gasteiger partial charge < -0.3 is 11.5 Å². The van der Waals surface area contributed by atoms with E-state index in [-0.39, 0.29) is 5.96 Å². The molecule has 0 saturated carbocycles. The summed E-state index contributed by atoms with van der Waals surface area (Å²) in [6.07, 6.45) is 1.88. The van der Waals surface area contributed by atoms with Crippen LogP contribution in [-0.4, -0.2) is 19.0 Å². The number of nitrogens with two attached hydrogens (primary N) is 2. The topological polar surface area (TPSA) is 88.2 Å². The number of nitrogens with one attached hydrogen (secondary N) is 1. The minimum atomic E-state index is -0.0907. The maximum atomic E-state index is 6.71. The number of hydrogen-bond acceptors (Lipinski definition) is 2. The monoisotopic (exact) mass is 129 g/mol. The van der Waals surface area contributed by atoms with Crippen LogP contribution in [0.5, 0.6) is 0 Å². The van der Waals surface area contributed by atoms with E-state index in [1.54, 1.807) is 0 Å². The van der Waals surface area contributed by atoms with Crippen LogP contribution in [0.2, 0.25) is 0 Å². The number of nitrogens with zero attached hydrogens (tertiary/aromatic N) is 1. The van der Waals surface area contributed by atoms with Crippen molar-refractivity contribution in [1.29, 1.82) is 0 Å². The summed E-state index contributed by atoms with van der Waals surface area (Å²) in [6, 6.07) is 0. The first-order valence-corrected chi connectivity index (χ1v) is 2.99. The quantitative estimate of drug-likeness (QED) is 0.299. The third-order valence-electron chi connectivity index (χ3n) is 0.894. The van der Waals surface area contributed by atoms with Gasteiger partial charge in [-0.15, -0.1) is 0 Å². The Morgan fingerprint density at radius 3 is 2.56 bits per heavy atom. The summed E-state index contributed by atoms with van der Waals surface area (Å²) in [5, 5.41) is 0. The fourth-order valence-corrected chi connectivity index (χ4v) is 0.456. The molecule has 1 radical (unpaired) electrons. The summed E-state index contributed by atoms with van der Waals surface area (Å²) < 4.78 is 0. The van der Waals surface area contributed by atoms with Gasteiger partial charge in [0.05, 0.1) is 0 Å². The normalized spacial score (nSPS) is 11.9. The molecule has 5 N–H and O–H groups in total. The van der Waals surface area contributed by atoms with Gasteiger partial charge in [0.25, 0.3) is 0 Å². The van der Waals surface area contributed by atoms with Crippen LogP contribution in [0.15, 0.2) is 4.99 Å². The van der Waals surface area contributed by atoms with Gasteiger partial charge in [-0.05, 0) is 19.4 Å². The highest BCUT2D eigenvalue weighted by Crippen LogP contribution is 1.84. The van der Waals surface area contributed by atoms with E-state index in [0.29, 0.717) is 13.1 Å². The third-order valence-corrected chi connectivity index (χ3v) is 0.894. The van der Waals surface area contributed by atoms with Gasteiger partial charge in [-0.2, -0.15) is 0 Å². The van der Waals surface area contributed by atoms with Crippen molar-refractivity contribution < 1.29 is 0 Å². The second-order valence-electron chi connectivity index (χ2n) is 1.76. The number of aliphatic imine (C=N–C) groups is 1. The molecule has 0 aromatic carbocycles. The predicted octanol–water partition coefficient (Wildman–Crippen LogP) is -0.677. The van der Waals surface area contributed by atoms with E-state index >= 15 is 0 Å². The molecule has 0 aromatic heterocycles. The molecule has 0 amide bonds. The van der Waals surface area contributed by atoms with Crippen molar-refractivity contribution in [3.05, 3.63) is 0 Å². The number of unbranched alkanes of at least 4 members (excludes halogenated alkanes) is 1. The van der Waals surface area contributed by atoms with E-state index in [4.69, 9.17) is 17.2 Å². The molecule has 0 rings (SSSR count). The molecule has 0 heterocycles. The highest BCUT2D eigenvalue weighted by atomic mass is 15.0. The Kier molecular flexibility index (Phi) is 4.91. The Balaban J connectivity index is 3.00. The molecule has 0 aliphatic rings. The van der Waals surface area contributed by atoms with Crippen molar-refractivity contribution in [1.82, 2.24) is 5.73 Å². The van der Waals surface area contributed by atoms with E-state index in [1.165, 1.54) is 0 Å². The zero-order chi connectivity index (χ0) is 7.11. The second-order valence-corrected chi connectivity index (χ2v) is 1.76. The molecule has 9 heavy (non-hydrogen) atoms. The molecular formula is C5H13N4. The van der Waals surface area contributed by atoms with Crippen LogP contribution >= 0.6 is 0 Å². The summed E-state index contributed by atoms with van der Waals surface area (Å²) >= 11 is 0. The average molecular weight is 129 g/mol. The maximum Gasteiger partial charge on any atom is 0.207 e. The summed E-state index contributed by atoms with van der Waals surface area (Å²) in [6.45, 7) is 1.32. The fraction of sp³-hybridized carbons (Fsp3) is 0.800. The van der Waals surface area contributed by atoms with Crippen LogP contribution < -0.4 is 17.2 Å². The van der Waals surface area contributed by atoms with Crippen LogP contribution in [-0.2, 0) is 0 Å². The Bertz CT molecular complexity index is 85.0. The van der Waals surface area contributed by atoms with Gasteiger partial charge in [0.15, 0.2) is 0 Å². The van der Waals surface area contributed by atoms with Gasteiger partial charge in [0.2, 0.25) is 5.96 Å². The zero-order valence-electron chi connectivity index (χ0n) is 5.43. The highest BCUT2D eigenvalue weighted by molar-refractivity contribution is 5.74. The number of guanidine groups is 1. The average Bonchev–Trinajstić information content (AvgIpc) is 1.80. The van der Waals surface area contributed by atoms with E-state index in [1.807, 2.05) is 0 Å². The smallest absolute Gasteiger partial charge is 0.207 e. The Morgan fingerprint density at radius 1 is 1.44 bits per heavy atom. The molecule has 0 fully saturated rings. The van der Waals surface area contributed by atoms with Crippen molar-refractivity contribution in [2.75, 3.05) is 13.1 Å². The van der Waals surface area contributed by atoms with Crippen molar-refractivity contribution >= 4 is 5.96 Å². The lowest BCUT2D eigenvalue weighted by molar-refractivity contribution is 0.754. The van der Waals surface area contributed by atoms with Crippen molar-refractivity contribution in [2.45, 2.75) is 12.8 Å². The van der Waals surface area contributed by atoms with Crippen LogP contribution in [0.25, 0.3) is 0 Å². The first kappa shape index (κ1) is 8.23. The van der Waals surface area contributed by atoms with Gasteiger partial charge in [0.1, 0.15) is 0 Å². The molecule has 0 spiro atoms. The molecule has 0 atom stereocenters. The minimum Gasteiger partial charge on any atom is -0.369 e. The zero-order valence-corrected chi connectivity index (χ0v) is 5.43. The maximum absolute atomic E-state index is 6.71. The van der Waals surface area contributed by atoms with E-state index < -0.39 is 0 Å². The number of hydrogen-bond donors (Lipinski definition) is 2. The largest absolute Gasteiger partial charge is 0.369 e. The van der Waals surface area contributed by atoms with Gasteiger partial charge in [-0.1, -0.05) is 0 Å². The molecule has 0 saturated heterocycles. The second kappa shape index (κ2) is 5.37. The lowest BCUT2D eigenvalue weighted by Gasteiger charge is -1.91. The first-order chi connectivity index (χ1) is 4.27. The van der Waals surface area contributed by atoms with E-state index in [9.17, 15) is 0 Å². The molecule has 0 bridgehead atoms. The molecule has 0 aliphatic heterocycles. The van der Waals surface area contributed by atoms with E-state index in [2.05, 4.69) is 4.99 Å².